The summed E-state index contributed by atoms with van der Waals surface area (Å²) in [4.78, 5) is 0. The van der Waals surface area contributed by atoms with E-state index in [1.807, 2.05) is 6.92 Å². The summed E-state index contributed by atoms with van der Waals surface area (Å²) in [5.41, 5.74) is 1.68. The van der Waals surface area contributed by atoms with Crippen LogP contribution < -0.4 is 5.84 Å². The molecule has 2 unspecified atom stereocenters. The van der Waals surface area contributed by atoms with Crippen LogP contribution in [-0.2, 0) is 11.2 Å². The normalized spacial score (nSPS) is 21.6. The molecule has 0 radical (unpaired) electrons. The molecule has 7 heteroatoms. The molecule has 1 aliphatic rings. The molecule has 1 fully saturated rings. The maximum absolute atomic E-state index is 14.5. The fourth-order valence-corrected chi connectivity index (χ4v) is 3.42. The van der Waals surface area contributed by atoms with E-state index >= 15 is 0 Å². The molecule has 27 heavy (non-hydrogen) atoms. The van der Waals surface area contributed by atoms with Crippen molar-refractivity contribution in [2.75, 3.05) is 6.61 Å². The molecule has 1 heterocycles. The van der Waals surface area contributed by atoms with Crippen LogP contribution in [-0.4, -0.2) is 18.4 Å². The van der Waals surface area contributed by atoms with Crippen LogP contribution in [0.2, 0.25) is 0 Å². The molecule has 3 rings (SSSR count). The summed E-state index contributed by atoms with van der Waals surface area (Å²) in [5.74, 6) is 0.953. The Hall–Kier alpha value is -2.41. The molecule has 0 amide bonds. The summed E-state index contributed by atoms with van der Waals surface area (Å²) in [6.45, 7) is 3.44. The number of hydrogen-bond donors (Lipinski definition) is 1. The van der Waals surface area contributed by atoms with Gasteiger partial charge in [0.05, 0.1) is 18.6 Å². The third-order valence-corrected chi connectivity index (χ3v) is 4.78. The van der Waals surface area contributed by atoms with Gasteiger partial charge in [0.1, 0.15) is 0 Å². The fourth-order valence-electron chi connectivity index (χ4n) is 3.42. The summed E-state index contributed by atoms with van der Waals surface area (Å²) < 4.78 is 61.3. The standard InChI is InChI=1S/C20H20F4N2O/c1-10-3-12(7-16(21)19(10)23)5-13-6-14(20(24)17(22)8-13)15-9-27-11(2)4-18(15)26-25/h3,6-8,11,15H,4-5,9,25H2,1-2H3/b26-18-. The van der Waals surface area contributed by atoms with Crippen LogP contribution in [0.3, 0.4) is 0 Å². The first kappa shape index (κ1) is 19.4. The molecular weight excluding hydrogens is 360 g/mol. The number of halogens is 4. The molecule has 2 N–H and O–H groups in total. The summed E-state index contributed by atoms with van der Waals surface area (Å²) in [6.07, 6.45) is 0.445. The quantitative estimate of drug-likeness (QED) is 0.489. The van der Waals surface area contributed by atoms with Crippen molar-refractivity contribution in [1.82, 2.24) is 0 Å². The molecule has 1 aliphatic heterocycles. The van der Waals surface area contributed by atoms with E-state index in [1.165, 1.54) is 19.1 Å². The van der Waals surface area contributed by atoms with Gasteiger partial charge in [-0.25, -0.2) is 17.6 Å². The van der Waals surface area contributed by atoms with Gasteiger partial charge in [-0.3, -0.25) is 0 Å². The maximum Gasteiger partial charge on any atom is 0.162 e. The number of aryl methyl sites for hydroxylation is 1. The van der Waals surface area contributed by atoms with Gasteiger partial charge in [0.2, 0.25) is 0 Å². The third kappa shape index (κ3) is 3.98. The molecule has 0 saturated carbocycles. The monoisotopic (exact) mass is 380 g/mol. The van der Waals surface area contributed by atoms with E-state index in [2.05, 4.69) is 5.10 Å². The summed E-state index contributed by atoms with van der Waals surface area (Å²) in [5, 5.41) is 3.73. The Bertz CT molecular complexity index is 875. The van der Waals surface area contributed by atoms with E-state index in [4.69, 9.17) is 10.6 Å². The van der Waals surface area contributed by atoms with Gasteiger partial charge in [0.15, 0.2) is 23.3 Å². The summed E-state index contributed by atoms with van der Waals surface area (Å²) >= 11 is 0. The number of hydrogen-bond acceptors (Lipinski definition) is 3. The van der Waals surface area contributed by atoms with Crippen LogP contribution in [0.25, 0.3) is 0 Å². The minimum atomic E-state index is -1.02. The predicted molar refractivity (Wildman–Crippen MR) is 94.7 cm³/mol. The van der Waals surface area contributed by atoms with Crippen LogP contribution in [0.15, 0.2) is 29.4 Å². The van der Waals surface area contributed by atoms with Gasteiger partial charge in [0, 0.05) is 17.7 Å². The van der Waals surface area contributed by atoms with Crippen LogP contribution in [0.1, 0.15) is 41.5 Å². The van der Waals surface area contributed by atoms with Crippen molar-refractivity contribution >= 4 is 5.71 Å². The average molecular weight is 380 g/mol. The minimum absolute atomic E-state index is 0.0976. The van der Waals surface area contributed by atoms with Gasteiger partial charge in [-0.1, -0.05) is 12.1 Å². The van der Waals surface area contributed by atoms with Crippen LogP contribution >= 0.6 is 0 Å². The van der Waals surface area contributed by atoms with Crippen molar-refractivity contribution in [3.8, 4) is 0 Å². The lowest BCUT2D eigenvalue weighted by molar-refractivity contribution is 0.0537. The van der Waals surface area contributed by atoms with Crippen molar-refractivity contribution in [2.24, 2.45) is 10.9 Å². The number of nitrogens with zero attached hydrogens (tertiary/aromatic N) is 1. The van der Waals surface area contributed by atoms with Crippen LogP contribution in [0.4, 0.5) is 17.6 Å². The molecule has 2 atom stereocenters. The summed E-state index contributed by atoms with van der Waals surface area (Å²) in [7, 11) is 0. The Balaban J connectivity index is 1.97. The smallest absolute Gasteiger partial charge is 0.162 e. The molecule has 0 bridgehead atoms. The molecule has 0 aromatic heterocycles. The van der Waals surface area contributed by atoms with Crippen molar-refractivity contribution in [2.45, 2.75) is 38.7 Å². The zero-order valence-electron chi connectivity index (χ0n) is 15.0. The number of nitrogens with two attached hydrogens (primary N) is 1. The predicted octanol–water partition coefficient (Wildman–Crippen LogP) is 4.35. The molecule has 0 aliphatic carbocycles. The molecule has 0 spiro atoms. The molecule has 1 saturated heterocycles. The van der Waals surface area contributed by atoms with E-state index in [9.17, 15) is 17.6 Å². The summed E-state index contributed by atoms with van der Waals surface area (Å²) in [6, 6.07) is 5.10. The van der Waals surface area contributed by atoms with Crippen molar-refractivity contribution < 1.29 is 22.3 Å². The lowest BCUT2D eigenvalue weighted by atomic mass is 9.87. The second-order valence-electron chi connectivity index (χ2n) is 6.89. The zero-order chi connectivity index (χ0) is 19.7. The van der Waals surface area contributed by atoms with Crippen molar-refractivity contribution in [1.29, 1.82) is 0 Å². The third-order valence-electron chi connectivity index (χ3n) is 4.78. The van der Waals surface area contributed by atoms with E-state index in [0.29, 0.717) is 23.3 Å². The highest BCUT2D eigenvalue weighted by atomic mass is 19.2. The first-order valence-corrected chi connectivity index (χ1v) is 8.60. The van der Waals surface area contributed by atoms with Gasteiger partial charge in [-0.15, -0.1) is 0 Å². The molecular formula is C20H20F4N2O. The second-order valence-corrected chi connectivity index (χ2v) is 6.89. The van der Waals surface area contributed by atoms with E-state index in [1.54, 1.807) is 0 Å². The Kier molecular flexibility index (Phi) is 5.51. The van der Waals surface area contributed by atoms with Crippen molar-refractivity contribution in [3.63, 3.8) is 0 Å². The first-order chi connectivity index (χ1) is 12.8. The van der Waals surface area contributed by atoms with Gasteiger partial charge in [-0.05, 0) is 49.1 Å². The highest BCUT2D eigenvalue weighted by molar-refractivity contribution is 5.92. The zero-order valence-corrected chi connectivity index (χ0v) is 15.0. The first-order valence-electron chi connectivity index (χ1n) is 8.60. The van der Waals surface area contributed by atoms with Gasteiger partial charge in [-0.2, -0.15) is 5.10 Å². The fraction of sp³-hybridized carbons (Fsp3) is 0.350. The molecule has 3 nitrogen and oxygen atoms in total. The number of ether oxygens (including phenoxy) is 1. The Morgan fingerprint density at radius 1 is 1.04 bits per heavy atom. The molecule has 144 valence electrons. The lowest BCUT2D eigenvalue weighted by Crippen LogP contribution is -2.32. The molecule has 2 aromatic carbocycles. The number of benzene rings is 2. The van der Waals surface area contributed by atoms with Crippen LogP contribution in [0, 0.1) is 30.2 Å². The number of rotatable bonds is 3. The van der Waals surface area contributed by atoms with Crippen LogP contribution in [0.5, 0.6) is 0 Å². The average Bonchev–Trinajstić information content (AvgIpc) is 2.62. The second kappa shape index (κ2) is 7.68. The van der Waals surface area contributed by atoms with E-state index < -0.39 is 29.2 Å². The Morgan fingerprint density at radius 3 is 2.30 bits per heavy atom. The van der Waals surface area contributed by atoms with Gasteiger partial charge < -0.3 is 10.6 Å². The largest absolute Gasteiger partial charge is 0.377 e. The Labute approximate surface area is 154 Å². The maximum atomic E-state index is 14.5. The minimum Gasteiger partial charge on any atom is -0.377 e. The van der Waals surface area contributed by atoms with E-state index in [-0.39, 0.29) is 30.3 Å². The highest BCUT2D eigenvalue weighted by Crippen LogP contribution is 2.31. The topological polar surface area (TPSA) is 47.6 Å². The van der Waals surface area contributed by atoms with Gasteiger partial charge in [0.25, 0.3) is 0 Å². The highest BCUT2D eigenvalue weighted by Gasteiger charge is 2.30. The molecule has 2 aromatic rings. The van der Waals surface area contributed by atoms with Crippen molar-refractivity contribution in [3.05, 3.63) is 69.8 Å². The van der Waals surface area contributed by atoms with Gasteiger partial charge >= 0.3 is 0 Å². The van der Waals surface area contributed by atoms with E-state index in [0.717, 1.165) is 12.1 Å². The Morgan fingerprint density at radius 2 is 1.67 bits per heavy atom. The SMILES string of the molecule is Cc1cc(Cc2cc(F)c(F)c(C3COC(C)C/C3=N/N)c2)cc(F)c1F. The lowest BCUT2D eigenvalue weighted by Gasteiger charge is -2.29. The number of hydrazone groups is 1.